The maximum absolute atomic E-state index is 12.6. The second kappa shape index (κ2) is 6.44. The first kappa shape index (κ1) is 15.1. The first-order valence-corrected chi connectivity index (χ1v) is 7.52. The number of halogens is 1. The number of aromatic nitrogens is 1. The molecule has 0 aliphatic heterocycles. The van der Waals surface area contributed by atoms with Crippen LogP contribution in [-0.2, 0) is 0 Å². The fourth-order valence-corrected chi connectivity index (χ4v) is 2.88. The molecule has 0 unspecified atom stereocenters. The minimum absolute atomic E-state index is 0.0911. The number of pyridine rings is 1. The number of anilines is 1. The van der Waals surface area contributed by atoms with Crippen LogP contribution in [0.4, 0.5) is 5.82 Å². The van der Waals surface area contributed by atoms with Crippen LogP contribution in [0.5, 0.6) is 0 Å². The van der Waals surface area contributed by atoms with Gasteiger partial charge in [0.15, 0.2) is 0 Å². The lowest BCUT2D eigenvalue weighted by Crippen LogP contribution is -2.39. The second-order valence-electron chi connectivity index (χ2n) is 5.61. The minimum atomic E-state index is -0.0911. The highest BCUT2D eigenvalue weighted by Gasteiger charge is 2.27. The molecule has 1 heterocycles. The van der Waals surface area contributed by atoms with Crippen LogP contribution >= 0.6 is 11.6 Å². The van der Waals surface area contributed by atoms with E-state index in [9.17, 15) is 4.79 Å². The van der Waals surface area contributed by atoms with Crippen molar-refractivity contribution < 1.29 is 4.79 Å². The number of nitrogens with zero attached hydrogens (tertiary/aromatic N) is 2. The molecule has 110 valence electrons. The number of amides is 1. The molecule has 1 N–H and O–H groups in total. The molecule has 0 radical (unpaired) electrons. The van der Waals surface area contributed by atoms with E-state index >= 15 is 0 Å². The van der Waals surface area contributed by atoms with Crippen LogP contribution in [0, 0.1) is 5.92 Å². The summed E-state index contributed by atoms with van der Waals surface area (Å²) in [5.74, 6) is 1.33. The molecular weight excluding hydrogens is 274 g/mol. The van der Waals surface area contributed by atoms with E-state index in [0.29, 0.717) is 22.6 Å². The largest absolute Gasteiger partial charge is 0.373 e. The lowest BCUT2D eigenvalue weighted by atomic mass is 9.86. The topological polar surface area (TPSA) is 45.2 Å². The normalized spacial score (nSPS) is 22.4. The van der Waals surface area contributed by atoms with Crippen LogP contribution in [0.25, 0.3) is 0 Å². The Labute approximate surface area is 125 Å². The van der Waals surface area contributed by atoms with Gasteiger partial charge in [-0.2, -0.15) is 0 Å². The Balaban J connectivity index is 2.14. The lowest BCUT2D eigenvalue weighted by molar-refractivity contribution is 0.0674. The number of hydrogen-bond acceptors (Lipinski definition) is 3. The van der Waals surface area contributed by atoms with E-state index in [1.165, 1.54) is 12.8 Å². The molecule has 1 fully saturated rings. The average Bonchev–Trinajstić information content (AvgIpc) is 2.47. The summed E-state index contributed by atoms with van der Waals surface area (Å²) in [6.07, 6.45) is 4.49. The summed E-state index contributed by atoms with van der Waals surface area (Å²) in [7, 11) is 3.63. The highest BCUT2D eigenvalue weighted by Crippen LogP contribution is 2.28. The van der Waals surface area contributed by atoms with Crippen molar-refractivity contribution in [3.8, 4) is 0 Å². The molecule has 0 bridgehead atoms. The standard InChI is InChI=1S/C15H22ClN3O/c1-10-4-6-11(7-5-10)19(3)15(20)14-12(16)8-9-13(17-2)18-14/h8-11H,4-7H2,1-3H3,(H,17,18). The Kier molecular flexibility index (Phi) is 4.86. The summed E-state index contributed by atoms with van der Waals surface area (Å²) in [6.45, 7) is 2.27. The van der Waals surface area contributed by atoms with Crippen molar-refractivity contribution in [3.63, 3.8) is 0 Å². The highest BCUT2D eigenvalue weighted by molar-refractivity contribution is 6.33. The van der Waals surface area contributed by atoms with Crippen molar-refractivity contribution in [2.75, 3.05) is 19.4 Å². The molecule has 1 amide bonds. The Hall–Kier alpha value is -1.29. The predicted molar refractivity (Wildman–Crippen MR) is 82.3 cm³/mol. The van der Waals surface area contributed by atoms with Crippen molar-refractivity contribution >= 4 is 23.3 Å². The molecule has 1 saturated carbocycles. The first-order chi connectivity index (χ1) is 9.52. The molecule has 1 aromatic rings. The molecule has 2 rings (SSSR count). The SMILES string of the molecule is CNc1ccc(Cl)c(C(=O)N(C)C2CCC(C)CC2)n1. The van der Waals surface area contributed by atoms with Crippen molar-refractivity contribution in [3.05, 3.63) is 22.8 Å². The van der Waals surface area contributed by atoms with Crippen LogP contribution in [0.3, 0.4) is 0 Å². The molecule has 1 aliphatic rings. The van der Waals surface area contributed by atoms with Crippen LogP contribution in [0.2, 0.25) is 5.02 Å². The average molecular weight is 296 g/mol. The number of rotatable bonds is 3. The van der Waals surface area contributed by atoms with Crippen molar-refractivity contribution in [2.24, 2.45) is 5.92 Å². The van der Waals surface area contributed by atoms with Gasteiger partial charge in [0.1, 0.15) is 11.5 Å². The van der Waals surface area contributed by atoms with Crippen LogP contribution in [0.1, 0.15) is 43.1 Å². The Morgan fingerprint density at radius 3 is 2.60 bits per heavy atom. The van der Waals surface area contributed by atoms with Gasteiger partial charge in [0, 0.05) is 20.1 Å². The van der Waals surface area contributed by atoms with E-state index in [2.05, 4.69) is 17.2 Å². The molecule has 1 aliphatic carbocycles. The summed E-state index contributed by atoms with van der Waals surface area (Å²) in [6, 6.07) is 3.78. The number of carbonyl (C=O) groups excluding carboxylic acids is 1. The predicted octanol–water partition coefficient (Wildman–Crippen LogP) is 3.43. The van der Waals surface area contributed by atoms with Crippen molar-refractivity contribution in [1.82, 2.24) is 9.88 Å². The van der Waals surface area contributed by atoms with Gasteiger partial charge in [-0.3, -0.25) is 4.79 Å². The summed E-state index contributed by atoms with van der Waals surface area (Å²) in [5, 5.41) is 3.34. The van der Waals surface area contributed by atoms with Gasteiger partial charge in [0.2, 0.25) is 0 Å². The number of hydrogen-bond donors (Lipinski definition) is 1. The molecule has 0 spiro atoms. The van der Waals surface area contributed by atoms with Gasteiger partial charge in [0.05, 0.1) is 5.02 Å². The van der Waals surface area contributed by atoms with Gasteiger partial charge in [0.25, 0.3) is 5.91 Å². The van der Waals surface area contributed by atoms with Crippen LogP contribution in [0.15, 0.2) is 12.1 Å². The van der Waals surface area contributed by atoms with Gasteiger partial charge < -0.3 is 10.2 Å². The third-order valence-corrected chi connectivity index (χ3v) is 4.46. The quantitative estimate of drug-likeness (QED) is 0.929. The fraction of sp³-hybridized carbons (Fsp3) is 0.600. The Morgan fingerprint density at radius 1 is 1.35 bits per heavy atom. The number of carbonyl (C=O) groups is 1. The van der Waals surface area contributed by atoms with E-state index in [4.69, 9.17) is 11.6 Å². The van der Waals surface area contributed by atoms with Crippen LogP contribution in [-0.4, -0.2) is 35.9 Å². The van der Waals surface area contributed by atoms with Crippen LogP contribution < -0.4 is 5.32 Å². The zero-order valence-electron chi connectivity index (χ0n) is 12.3. The van der Waals surface area contributed by atoms with E-state index in [-0.39, 0.29) is 5.91 Å². The van der Waals surface area contributed by atoms with Crippen molar-refractivity contribution in [2.45, 2.75) is 38.6 Å². The van der Waals surface area contributed by atoms with E-state index < -0.39 is 0 Å². The van der Waals surface area contributed by atoms with E-state index in [1.807, 2.05) is 7.05 Å². The molecule has 5 heteroatoms. The van der Waals surface area contributed by atoms with Gasteiger partial charge in [-0.05, 0) is 43.7 Å². The first-order valence-electron chi connectivity index (χ1n) is 7.14. The summed E-state index contributed by atoms with van der Waals surface area (Å²) >= 11 is 6.12. The Bertz CT molecular complexity index is 484. The third-order valence-electron chi connectivity index (χ3n) is 4.16. The third kappa shape index (κ3) is 3.23. The van der Waals surface area contributed by atoms with Crippen molar-refractivity contribution in [1.29, 1.82) is 0 Å². The van der Waals surface area contributed by atoms with Gasteiger partial charge in [-0.25, -0.2) is 4.98 Å². The summed E-state index contributed by atoms with van der Waals surface area (Å²) in [4.78, 5) is 18.7. The second-order valence-corrected chi connectivity index (χ2v) is 6.01. The highest BCUT2D eigenvalue weighted by atomic mass is 35.5. The molecule has 4 nitrogen and oxygen atoms in total. The van der Waals surface area contributed by atoms with Gasteiger partial charge in [-0.15, -0.1) is 0 Å². The fourth-order valence-electron chi connectivity index (χ4n) is 2.69. The maximum Gasteiger partial charge on any atom is 0.274 e. The monoisotopic (exact) mass is 295 g/mol. The molecule has 1 aromatic heterocycles. The molecular formula is C15H22ClN3O. The molecule has 0 saturated heterocycles. The minimum Gasteiger partial charge on any atom is -0.373 e. The van der Waals surface area contributed by atoms with Gasteiger partial charge >= 0.3 is 0 Å². The maximum atomic E-state index is 12.6. The summed E-state index contributed by atoms with van der Waals surface area (Å²) < 4.78 is 0. The van der Waals surface area contributed by atoms with E-state index in [0.717, 1.165) is 18.8 Å². The number of nitrogens with one attached hydrogen (secondary N) is 1. The Morgan fingerprint density at radius 2 is 2.00 bits per heavy atom. The summed E-state index contributed by atoms with van der Waals surface area (Å²) in [5.41, 5.74) is 0.333. The zero-order chi connectivity index (χ0) is 14.7. The molecule has 0 atom stereocenters. The van der Waals surface area contributed by atoms with E-state index in [1.54, 1.807) is 24.1 Å². The molecule has 20 heavy (non-hydrogen) atoms. The molecule has 0 aromatic carbocycles. The smallest absolute Gasteiger partial charge is 0.274 e. The lowest BCUT2D eigenvalue weighted by Gasteiger charge is -2.33. The van der Waals surface area contributed by atoms with Gasteiger partial charge in [-0.1, -0.05) is 18.5 Å². The zero-order valence-corrected chi connectivity index (χ0v) is 13.1.